The number of rotatable bonds is 14. The summed E-state index contributed by atoms with van der Waals surface area (Å²) in [5, 5.41) is 8.54. The van der Waals surface area contributed by atoms with Crippen molar-refractivity contribution in [2.45, 2.75) is 84.5 Å². The fourth-order valence-corrected chi connectivity index (χ4v) is 2.31. The fraction of sp³-hybridized carbons (Fsp3) is 0.737. The first-order valence-corrected chi connectivity index (χ1v) is 8.72. The minimum Gasteiger partial charge on any atom is -0.481 e. The predicted molar refractivity (Wildman–Crippen MR) is 91.5 cm³/mol. The van der Waals surface area contributed by atoms with Gasteiger partial charge in [-0.15, -0.1) is 0 Å². The van der Waals surface area contributed by atoms with Crippen LogP contribution in [0.1, 0.15) is 84.5 Å². The van der Waals surface area contributed by atoms with E-state index in [1.54, 1.807) is 0 Å². The van der Waals surface area contributed by atoms with Gasteiger partial charge in [0, 0.05) is 6.42 Å². The van der Waals surface area contributed by atoms with Gasteiger partial charge in [-0.05, 0) is 31.6 Å². The molecule has 0 aromatic carbocycles. The SMILES string of the molecule is CCCCC/C=C\C=C\[C@H](C)CCCCCCCC(=O)O. The van der Waals surface area contributed by atoms with Crippen LogP contribution in [0, 0.1) is 5.92 Å². The lowest BCUT2D eigenvalue weighted by Crippen LogP contribution is -1.94. The second-order valence-corrected chi connectivity index (χ2v) is 5.99. The molecule has 0 aliphatic heterocycles. The highest BCUT2D eigenvalue weighted by atomic mass is 16.4. The molecule has 0 amide bonds. The molecular weight excluding hydrogens is 260 g/mol. The maximum Gasteiger partial charge on any atom is 0.303 e. The molecule has 0 aliphatic rings. The zero-order valence-corrected chi connectivity index (χ0v) is 14.0. The Bertz CT molecular complexity index is 292. The van der Waals surface area contributed by atoms with Crippen LogP contribution in [0.5, 0.6) is 0 Å². The second kappa shape index (κ2) is 15.3. The van der Waals surface area contributed by atoms with Crippen molar-refractivity contribution >= 4 is 5.97 Å². The highest BCUT2D eigenvalue weighted by Gasteiger charge is 1.98. The normalized spacial score (nSPS) is 13.2. The number of carbonyl (C=O) groups is 1. The largest absolute Gasteiger partial charge is 0.481 e. The number of carboxylic acids is 1. The van der Waals surface area contributed by atoms with Gasteiger partial charge in [0.2, 0.25) is 0 Å². The Kier molecular flexibility index (Phi) is 14.6. The van der Waals surface area contributed by atoms with E-state index in [0.29, 0.717) is 12.3 Å². The minimum absolute atomic E-state index is 0.323. The number of aliphatic carboxylic acids is 1. The maximum absolute atomic E-state index is 10.4. The van der Waals surface area contributed by atoms with E-state index in [-0.39, 0.29) is 0 Å². The average molecular weight is 294 g/mol. The van der Waals surface area contributed by atoms with Gasteiger partial charge in [-0.1, -0.05) is 76.7 Å². The first-order valence-electron chi connectivity index (χ1n) is 8.72. The van der Waals surface area contributed by atoms with Gasteiger partial charge in [0.05, 0.1) is 0 Å². The van der Waals surface area contributed by atoms with Crippen LogP contribution in [0.4, 0.5) is 0 Å². The van der Waals surface area contributed by atoms with Crippen molar-refractivity contribution in [2.75, 3.05) is 0 Å². The first kappa shape index (κ1) is 19.9. The third-order valence-electron chi connectivity index (χ3n) is 3.71. The van der Waals surface area contributed by atoms with E-state index >= 15 is 0 Å². The number of hydrogen-bond donors (Lipinski definition) is 1. The molecule has 0 aromatic heterocycles. The smallest absolute Gasteiger partial charge is 0.303 e. The summed E-state index contributed by atoms with van der Waals surface area (Å²) in [5.41, 5.74) is 0. The monoisotopic (exact) mass is 294 g/mol. The lowest BCUT2D eigenvalue weighted by atomic mass is 10.0. The molecule has 1 atom stereocenters. The molecule has 0 unspecified atom stereocenters. The molecule has 0 saturated carbocycles. The number of unbranched alkanes of at least 4 members (excludes halogenated alkanes) is 7. The summed E-state index contributed by atoms with van der Waals surface area (Å²) < 4.78 is 0. The molecule has 21 heavy (non-hydrogen) atoms. The molecule has 0 fully saturated rings. The predicted octanol–water partition coefficient (Wildman–Crippen LogP) is 6.13. The van der Waals surface area contributed by atoms with E-state index < -0.39 is 5.97 Å². The van der Waals surface area contributed by atoms with Crippen LogP contribution >= 0.6 is 0 Å². The van der Waals surface area contributed by atoms with Crippen molar-refractivity contribution in [3.05, 3.63) is 24.3 Å². The molecule has 0 rings (SSSR count). The topological polar surface area (TPSA) is 37.3 Å². The zero-order valence-electron chi connectivity index (χ0n) is 14.0. The van der Waals surface area contributed by atoms with Gasteiger partial charge in [-0.2, -0.15) is 0 Å². The Morgan fingerprint density at radius 3 is 2.43 bits per heavy atom. The molecule has 1 N–H and O–H groups in total. The molecule has 0 heterocycles. The molecule has 0 bridgehead atoms. The van der Waals surface area contributed by atoms with E-state index in [4.69, 9.17) is 5.11 Å². The summed E-state index contributed by atoms with van der Waals surface area (Å²) in [4.78, 5) is 10.4. The van der Waals surface area contributed by atoms with E-state index in [1.807, 2.05) is 0 Å². The highest BCUT2D eigenvalue weighted by molar-refractivity contribution is 5.66. The van der Waals surface area contributed by atoms with Gasteiger partial charge in [0.15, 0.2) is 0 Å². The summed E-state index contributed by atoms with van der Waals surface area (Å²) >= 11 is 0. The number of carboxylic acid groups (broad SMARTS) is 1. The summed E-state index contributed by atoms with van der Waals surface area (Å²) in [7, 11) is 0. The Balaban J connectivity index is 3.40. The van der Waals surface area contributed by atoms with E-state index in [0.717, 1.165) is 12.8 Å². The highest BCUT2D eigenvalue weighted by Crippen LogP contribution is 2.13. The molecule has 0 aliphatic carbocycles. The Labute approximate surface area is 131 Å². The van der Waals surface area contributed by atoms with E-state index in [2.05, 4.69) is 38.2 Å². The minimum atomic E-state index is -0.670. The summed E-state index contributed by atoms with van der Waals surface area (Å²) in [5.74, 6) is -0.0270. The van der Waals surface area contributed by atoms with Gasteiger partial charge >= 0.3 is 5.97 Å². The van der Waals surface area contributed by atoms with Crippen molar-refractivity contribution < 1.29 is 9.90 Å². The van der Waals surface area contributed by atoms with Crippen molar-refractivity contribution in [3.63, 3.8) is 0 Å². The van der Waals surface area contributed by atoms with Crippen molar-refractivity contribution in [3.8, 4) is 0 Å². The third kappa shape index (κ3) is 16.9. The number of hydrogen-bond acceptors (Lipinski definition) is 1. The molecule has 2 heteroatoms. The Morgan fingerprint density at radius 2 is 1.71 bits per heavy atom. The van der Waals surface area contributed by atoms with E-state index in [1.165, 1.54) is 51.4 Å². The second-order valence-electron chi connectivity index (χ2n) is 5.99. The lowest BCUT2D eigenvalue weighted by Gasteiger charge is -2.05. The fourth-order valence-electron chi connectivity index (χ4n) is 2.31. The van der Waals surface area contributed by atoms with Crippen molar-refractivity contribution in [2.24, 2.45) is 5.92 Å². The van der Waals surface area contributed by atoms with Crippen LogP contribution in [-0.2, 0) is 4.79 Å². The standard InChI is InChI=1S/C19H34O2/c1-3-4-5-6-7-9-12-15-18(2)16-13-10-8-11-14-17-19(20)21/h7,9,12,15,18H,3-6,8,10-11,13-14,16-17H2,1-2H3,(H,20,21)/b9-7-,15-12+/t18-/m0/s1. The molecule has 0 radical (unpaired) electrons. The Morgan fingerprint density at radius 1 is 1.00 bits per heavy atom. The van der Waals surface area contributed by atoms with Crippen LogP contribution in [0.15, 0.2) is 24.3 Å². The molecule has 0 spiro atoms. The van der Waals surface area contributed by atoms with Crippen LogP contribution < -0.4 is 0 Å². The molecule has 122 valence electrons. The summed E-state index contributed by atoms with van der Waals surface area (Å²) in [6, 6.07) is 0. The van der Waals surface area contributed by atoms with Crippen LogP contribution in [0.3, 0.4) is 0 Å². The Hall–Kier alpha value is -1.05. The first-order chi connectivity index (χ1) is 10.2. The van der Waals surface area contributed by atoms with Crippen LogP contribution in [-0.4, -0.2) is 11.1 Å². The van der Waals surface area contributed by atoms with E-state index in [9.17, 15) is 4.79 Å². The molecular formula is C19H34O2. The third-order valence-corrected chi connectivity index (χ3v) is 3.71. The number of allylic oxidation sites excluding steroid dienone is 4. The van der Waals surface area contributed by atoms with Crippen molar-refractivity contribution in [1.29, 1.82) is 0 Å². The maximum atomic E-state index is 10.4. The zero-order chi connectivity index (χ0) is 15.8. The quantitative estimate of drug-likeness (QED) is 0.309. The molecule has 0 saturated heterocycles. The van der Waals surface area contributed by atoms with Gasteiger partial charge < -0.3 is 5.11 Å². The van der Waals surface area contributed by atoms with Gasteiger partial charge in [0.1, 0.15) is 0 Å². The van der Waals surface area contributed by atoms with Gasteiger partial charge in [-0.25, -0.2) is 0 Å². The van der Waals surface area contributed by atoms with Gasteiger partial charge in [-0.3, -0.25) is 4.79 Å². The van der Waals surface area contributed by atoms with Crippen molar-refractivity contribution in [1.82, 2.24) is 0 Å². The molecule has 2 nitrogen and oxygen atoms in total. The average Bonchev–Trinajstić information content (AvgIpc) is 2.45. The van der Waals surface area contributed by atoms with Crippen LogP contribution in [0.2, 0.25) is 0 Å². The summed E-state index contributed by atoms with van der Waals surface area (Å²) in [6.07, 6.45) is 21.1. The lowest BCUT2D eigenvalue weighted by molar-refractivity contribution is -0.137. The van der Waals surface area contributed by atoms with Crippen LogP contribution in [0.25, 0.3) is 0 Å². The molecule has 0 aromatic rings. The van der Waals surface area contributed by atoms with Gasteiger partial charge in [0.25, 0.3) is 0 Å². The summed E-state index contributed by atoms with van der Waals surface area (Å²) in [6.45, 7) is 4.50.